The molecule has 30 heavy (non-hydrogen) atoms. The minimum absolute atomic E-state index is 0.143. The SMILES string of the molecule is CC(Sc1nnc(Cc2cccs2)n1-c1ccccc1)C(=O)Nc1ccccc1Cl. The molecule has 0 fully saturated rings. The van der Waals surface area contributed by atoms with Crippen molar-refractivity contribution in [2.24, 2.45) is 0 Å². The van der Waals surface area contributed by atoms with E-state index in [0.717, 1.165) is 11.5 Å². The van der Waals surface area contributed by atoms with E-state index in [0.29, 0.717) is 22.3 Å². The number of thioether (sulfide) groups is 1. The minimum Gasteiger partial charge on any atom is -0.324 e. The van der Waals surface area contributed by atoms with Gasteiger partial charge in [-0.1, -0.05) is 59.8 Å². The van der Waals surface area contributed by atoms with Crippen molar-refractivity contribution >= 4 is 46.3 Å². The summed E-state index contributed by atoms with van der Waals surface area (Å²) in [5.74, 6) is 0.695. The van der Waals surface area contributed by atoms with Gasteiger partial charge in [0.2, 0.25) is 5.91 Å². The maximum atomic E-state index is 12.7. The van der Waals surface area contributed by atoms with Gasteiger partial charge in [-0.3, -0.25) is 9.36 Å². The molecule has 152 valence electrons. The van der Waals surface area contributed by atoms with Crippen molar-refractivity contribution in [3.05, 3.63) is 87.8 Å². The number of thiophene rings is 1. The third kappa shape index (κ3) is 4.75. The molecular weight excluding hydrogens is 436 g/mol. The Morgan fingerprint density at radius 1 is 1.10 bits per heavy atom. The molecule has 0 aliphatic heterocycles. The summed E-state index contributed by atoms with van der Waals surface area (Å²) in [6, 6.07) is 21.3. The van der Waals surface area contributed by atoms with E-state index in [2.05, 4.69) is 27.0 Å². The fourth-order valence-corrected chi connectivity index (χ4v) is 4.68. The first kappa shape index (κ1) is 20.7. The van der Waals surface area contributed by atoms with E-state index < -0.39 is 0 Å². The number of amides is 1. The smallest absolute Gasteiger partial charge is 0.237 e. The van der Waals surface area contributed by atoms with Gasteiger partial charge < -0.3 is 5.32 Å². The standard InChI is InChI=1S/C22H19ClN4OS2/c1-15(21(28)24-19-12-6-5-11-18(19)23)30-22-26-25-20(14-17-10-7-13-29-17)27(22)16-8-3-2-4-9-16/h2-13,15H,14H2,1H3,(H,24,28). The monoisotopic (exact) mass is 454 g/mol. The maximum Gasteiger partial charge on any atom is 0.237 e. The molecule has 5 nitrogen and oxygen atoms in total. The summed E-state index contributed by atoms with van der Waals surface area (Å²) >= 11 is 9.22. The van der Waals surface area contributed by atoms with Gasteiger partial charge in [-0.25, -0.2) is 0 Å². The summed E-state index contributed by atoms with van der Waals surface area (Å²) in [6.45, 7) is 1.85. The van der Waals surface area contributed by atoms with Crippen LogP contribution in [-0.2, 0) is 11.2 Å². The molecule has 0 aliphatic carbocycles. The van der Waals surface area contributed by atoms with E-state index in [-0.39, 0.29) is 11.2 Å². The van der Waals surface area contributed by atoms with E-state index in [9.17, 15) is 4.79 Å². The van der Waals surface area contributed by atoms with Crippen LogP contribution in [-0.4, -0.2) is 25.9 Å². The lowest BCUT2D eigenvalue weighted by Crippen LogP contribution is -2.23. The second kappa shape index (κ2) is 9.47. The Morgan fingerprint density at radius 2 is 1.87 bits per heavy atom. The van der Waals surface area contributed by atoms with Crippen molar-refractivity contribution in [2.45, 2.75) is 23.8 Å². The van der Waals surface area contributed by atoms with Crippen molar-refractivity contribution in [3.63, 3.8) is 0 Å². The molecule has 0 saturated carbocycles. The quantitative estimate of drug-likeness (QED) is 0.364. The molecule has 1 amide bonds. The van der Waals surface area contributed by atoms with Gasteiger partial charge in [0, 0.05) is 17.0 Å². The van der Waals surface area contributed by atoms with Gasteiger partial charge in [-0.15, -0.1) is 21.5 Å². The molecule has 0 bridgehead atoms. The predicted molar refractivity (Wildman–Crippen MR) is 124 cm³/mol. The Morgan fingerprint density at radius 3 is 2.60 bits per heavy atom. The van der Waals surface area contributed by atoms with Gasteiger partial charge in [0.1, 0.15) is 5.82 Å². The molecule has 2 heterocycles. The highest BCUT2D eigenvalue weighted by molar-refractivity contribution is 8.00. The Kier molecular flexibility index (Phi) is 6.52. The number of aromatic nitrogens is 3. The van der Waals surface area contributed by atoms with E-state index in [1.807, 2.05) is 60.0 Å². The molecule has 0 radical (unpaired) electrons. The van der Waals surface area contributed by atoms with Crippen LogP contribution in [0.25, 0.3) is 5.69 Å². The number of nitrogens with zero attached hydrogens (tertiary/aromatic N) is 3. The van der Waals surface area contributed by atoms with Gasteiger partial charge in [0.25, 0.3) is 0 Å². The Hall–Kier alpha value is -2.61. The van der Waals surface area contributed by atoms with Crippen LogP contribution >= 0.6 is 34.7 Å². The predicted octanol–water partition coefficient (Wildman–Crippen LogP) is 5.69. The molecule has 0 aliphatic rings. The lowest BCUT2D eigenvalue weighted by Gasteiger charge is -2.14. The van der Waals surface area contributed by atoms with Gasteiger partial charge in [0.15, 0.2) is 5.16 Å². The molecule has 1 N–H and O–H groups in total. The van der Waals surface area contributed by atoms with Gasteiger partial charge in [-0.2, -0.15) is 0 Å². The fourth-order valence-electron chi connectivity index (χ4n) is 2.91. The first-order chi connectivity index (χ1) is 14.6. The van der Waals surface area contributed by atoms with Crippen LogP contribution in [0.1, 0.15) is 17.6 Å². The van der Waals surface area contributed by atoms with Crippen LogP contribution in [0.3, 0.4) is 0 Å². The maximum absolute atomic E-state index is 12.7. The van der Waals surface area contributed by atoms with Crippen molar-refractivity contribution < 1.29 is 4.79 Å². The normalized spacial score (nSPS) is 11.9. The minimum atomic E-state index is -0.387. The zero-order valence-corrected chi connectivity index (χ0v) is 18.5. The summed E-state index contributed by atoms with van der Waals surface area (Å²) in [7, 11) is 0. The number of anilines is 1. The average molecular weight is 455 g/mol. The number of nitrogens with one attached hydrogen (secondary N) is 1. The van der Waals surface area contributed by atoms with E-state index in [1.165, 1.54) is 16.6 Å². The van der Waals surface area contributed by atoms with Crippen molar-refractivity contribution in [3.8, 4) is 5.69 Å². The number of carbonyl (C=O) groups is 1. The number of benzene rings is 2. The molecule has 0 saturated heterocycles. The van der Waals surface area contributed by atoms with E-state index in [4.69, 9.17) is 11.6 Å². The van der Waals surface area contributed by atoms with Crippen molar-refractivity contribution in [1.29, 1.82) is 0 Å². The number of carbonyl (C=O) groups excluding carboxylic acids is 1. The number of halogens is 1. The molecule has 2 aromatic heterocycles. The highest BCUT2D eigenvalue weighted by Crippen LogP contribution is 2.29. The Labute approximate surface area is 188 Å². The van der Waals surface area contributed by atoms with Crippen LogP contribution in [0, 0.1) is 0 Å². The van der Waals surface area contributed by atoms with Gasteiger partial charge >= 0.3 is 0 Å². The van der Waals surface area contributed by atoms with Crippen molar-refractivity contribution in [1.82, 2.24) is 14.8 Å². The fraction of sp³-hybridized carbons (Fsp3) is 0.136. The zero-order valence-electron chi connectivity index (χ0n) is 16.2. The van der Waals surface area contributed by atoms with E-state index in [1.54, 1.807) is 23.5 Å². The molecule has 4 rings (SSSR count). The van der Waals surface area contributed by atoms with Crippen LogP contribution in [0.15, 0.2) is 77.3 Å². The third-order valence-electron chi connectivity index (χ3n) is 4.41. The molecule has 1 atom stereocenters. The van der Waals surface area contributed by atoms with Crippen LogP contribution in [0.4, 0.5) is 5.69 Å². The number of hydrogen-bond acceptors (Lipinski definition) is 5. The highest BCUT2D eigenvalue weighted by atomic mass is 35.5. The topological polar surface area (TPSA) is 59.8 Å². The molecule has 2 aromatic carbocycles. The Bertz CT molecular complexity index is 1130. The molecule has 1 unspecified atom stereocenters. The van der Waals surface area contributed by atoms with Crippen LogP contribution in [0.5, 0.6) is 0 Å². The summed E-state index contributed by atoms with van der Waals surface area (Å²) in [6.07, 6.45) is 0.681. The molecule has 4 aromatic rings. The zero-order chi connectivity index (χ0) is 20.9. The third-order valence-corrected chi connectivity index (χ3v) is 6.66. The molecular formula is C22H19ClN4OS2. The van der Waals surface area contributed by atoms with Gasteiger partial charge in [-0.05, 0) is 42.6 Å². The first-order valence-electron chi connectivity index (χ1n) is 9.36. The lowest BCUT2D eigenvalue weighted by atomic mass is 10.3. The van der Waals surface area contributed by atoms with E-state index >= 15 is 0 Å². The summed E-state index contributed by atoms with van der Waals surface area (Å²) in [5, 5.41) is 14.6. The Balaban J connectivity index is 1.58. The number of rotatable bonds is 7. The van der Waals surface area contributed by atoms with Gasteiger partial charge in [0.05, 0.1) is 16.0 Å². The first-order valence-corrected chi connectivity index (χ1v) is 11.5. The summed E-state index contributed by atoms with van der Waals surface area (Å²) in [5.41, 5.74) is 1.56. The largest absolute Gasteiger partial charge is 0.324 e. The van der Waals surface area contributed by atoms with Crippen LogP contribution in [0.2, 0.25) is 5.02 Å². The summed E-state index contributed by atoms with van der Waals surface area (Å²) < 4.78 is 2.02. The molecule has 8 heteroatoms. The summed E-state index contributed by atoms with van der Waals surface area (Å²) in [4.78, 5) is 13.9. The number of hydrogen-bond donors (Lipinski definition) is 1. The molecule has 0 spiro atoms. The van der Waals surface area contributed by atoms with Crippen LogP contribution < -0.4 is 5.32 Å². The highest BCUT2D eigenvalue weighted by Gasteiger charge is 2.22. The second-order valence-corrected chi connectivity index (χ2v) is 9.30. The van der Waals surface area contributed by atoms with Crippen molar-refractivity contribution in [2.75, 3.05) is 5.32 Å². The second-order valence-electron chi connectivity index (χ2n) is 6.56. The number of para-hydroxylation sites is 2. The lowest BCUT2D eigenvalue weighted by molar-refractivity contribution is -0.115. The average Bonchev–Trinajstić information content (AvgIpc) is 3.41.